The number of hydrogen-bond acceptors (Lipinski definition) is 8. The van der Waals surface area contributed by atoms with Gasteiger partial charge in [0.2, 0.25) is 11.7 Å². The number of anilines is 1. The Labute approximate surface area is 209 Å². The molecule has 0 aromatic heterocycles. The molecule has 0 spiro atoms. The zero-order chi connectivity index (χ0) is 26.6. The lowest BCUT2D eigenvalue weighted by Gasteiger charge is -2.34. The maximum atomic E-state index is 13.1. The largest absolute Gasteiger partial charge is 0.505 e. The summed E-state index contributed by atoms with van der Waals surface area (Å²) in [5.74, 6) is -2.05. The Hall–Kier alpha value is -3.89. The molecule has 2 aromatic carbocycles. The van der Waals surface area contributed by atoms with Crippen molar-refractivity contribution in [2.24, 2.45) is 5.92 Å². The molecular weight excluding hydrogens is 464 g/mol. The molecule has 192 valence electrons. The van der Waals surface area contributed by atoms with Gasteiger partial charge in [0.1, 0.15) is 11.7 Å². The molecule has 0 saturated carbocycles. The van der Waals surface area contributed by atoms with E-state index < -0.39 is 35.8 Å². The van der Waals surface area contributed by atoms with E-state index in [1.165, 1.54) is 17.0 Å². The molecule has 0 aliphatic heterocycles. The second kappa shape index (κ2) is 11.2. The van der Waals surface area contributed by atoms with E-state index in [0.29, 0.717) is 0 Å². The number of aliphatic hydroxyl groups is 2. The number of ketones is 1. The number of nitrogens with one attached hydrogen (secondary N) is 3. The van der Waals surface area contributed by atoms with Crippen molar-refractivity contribution in [3.63, 3.8) is 0 Å². The Bertz CT molecular complexity index is 1160. The van der Waals surface area contributed by atoms with Crippen molar-refractivity contribution in [1.82, 2.24) is 15.5 Å². The van der Waals surface area contributed by atoms with Gasteiger partial charge in [-0.25, -0.2) is 0 Å². The van der Waals surface area contributed by atoms with Gasteiger partial charge in [-0.15, -0.1) is 0 Å². The first-order valence-electron chi connectivity index (χ1n) is 11.6. The maximum absolute atomic E-state index is 13.1. The van der Waals surface area contributed by atoms with Gasteiger partial charge < -0.3 is 36.2 Å². The van der Waals surface area contributed by atoms with Gasteiger partial charge in [-0.3, -0.25) is 14.4 Å². The van der Waals surface area contributed by atoms with E-state index in [-0.39, 0.29) is 40.9 Å². The summed E-state index contributed by atoms with van der Waals surface area (Å²) in [7, 11) is 3.10. The SMILES string of the molecule is CC(C)[C@@H](NC1=C(Nc2cccc(C(=O)N(C)C)c2O)C(=O)[C@H]1O)C(=O)N[C@H](CO)c1ccccc1. The lowest BCUT2D eigenvalue weighted by atomic mass is 9.92. The summed E-state index contributed by atoms with van der Waals surface area (Å²) in [5.41, 5.74) is 0.958. The topological polar surface area (TPSA) is 151 Å². The molecule has 2 amide bonds. The zero-order valence-corrected chi connectivity index (χ0v) is 20.6. The zero-order valence-electron chi connectivity index (χ0n) is 20.6. The number of hydrogen-bond donors (Lipinski definition) is 6. The summed E-state index contributed by atoms with van der Waals surface area (Å²) in [6.45, 7) is 3.30. The van der Waals surface area contributed by atoms with Crippen LogP contribution >= 0.6 is 0 Å². The second-order valence-corrected chi connectivity index (χ2v) is 9.10. The molecule has 0 saturated heterocycles. The number of amides is 2. The molecule has 3 rings (SSSR count). The fraction of sp³-hybridized carbons (Fsp3) is 0.346. The number of carbonyl (C=O) groups excluding carboxylic acids is 3. The van der Waals surface area contributed by atoms with Crippen LogP contribution in [0.3, 0.4) is 0 Å². The van der Waals surface area contributed by atoms with E-state index in [0.717, 1.165) is 5.56 Å². The van der Waals surface area contributed by atoms with Gasteiger partial charge in [0.25, 0.3) is 5.91 Å². The molecule has 1 aliphatic rings. The van der Waals surface area contributed by atoms with Gasteiger partial charge in [-0.2, -0.15) is 0 Å². The molecule has 0 bridgehead atoms. The maximum Gasteiger partial charge on any atom is 0.257 e. The predicted octanol–water partition coefficient (Wildman–Crippen LogP) is 1.13. The van der Waals surface area contributed by atoms with Crippen LogP contribution in [-0.4, -0.2) is 70.7 Å². The summed E-state index contributed by atoms with van der Waals surface area (Å²) in [5, 5.41) is 39.3. The van der Waals surface area contributed by atoms with E-state index in [9.17, 15) is 29.7 Å². The van der Waals surface area contributed by atoms with E-state index in [2.05, 4.69) is 16.0 Å². The second-order valence-electron chi connectivity index (χ2n) is 9.10. The van der Waals surface area contributed by atoms with Crippen LogP contribution in [0.5, 0.6) is 5.75 Å². The number of nitrogens with zero attached hydrogens (tertiary/aromatic N) is 1. The lowest BCUT2D eigenvalue weighted by molar-refractivity contribution is -0.127. The monoisotopic (exact) mass is 496 g/mol. The molecule has 3 atom stereocenters. The van der Waals surface area contributed by atoms with E-state index in [1.54, 1.807) is 58.3 Å². The summed E-state index contributed by atoms with van der Waals surface area (Å²) >= 11 is 0. The average Bonchev–Trinajstić information content (AvgIpc) is 2.87. The normalized spacial score (nSPS) is 16.8. The standard InChI is InChI=1S/C26H32N4O6/c1-14(2)19(25(35)28-18(13-31)15-9-6-5-7-10-15)29-21-20(23(33)24(21)34)27-17-12-8-11-16(22(17)32)26(36)30(3)4/h5-12,14,18-19,24,27,29,31-32,34H,13H2,1-4H3,(H,28,35)/t18-,19-,24+/m1/s1. The van der Waals surface area contributed by atoms with Crippen LogP contribution < -0.4 is 16.0 Å². The number of benzene rings is 2. The molecule has 2 aromatic rings. The molecule has 0 radical (unpaired) electrons. The smallest absolute Gasteiger partial charge is 0.257 e. The first kappa shape index (κ1) is 26.7. The highest BCUT2D eigenvalue weighted by molar-refractivity contribution is 6.11. The number of para-hydroxylation sites is 1. The third kappa shape index (κ3) is 5.50. The van der Waals surface area contributed by atoms with Crippen LogP contribution in [-0.2, 0) is 9.59 Å². The minimum atomic E-state index is -1.47. The third-order valence-electron chi connectivity index (χ3n) is 5.93. The summed E-state index contributed by atoms with van der Waals surface area (Å²) in [4.78, 5) is 39.2. The van der Waals surface area contributed by atoms with Crippen LogP contribution in [0.15, 0.2) is 59.9 Å². The Morgan fingerprint density at radius 3 is 2.31 bits per heavy atom. The first-order valence-corrected chi connectivity index (χ1v) is 11.6. The van der Waals surface area contributed by atoms with Crippen LogP contribution in [0.25, 0.3) is 0 Å². The lowest BCUT2D eigenvalue weighted by Crippen LogP contribution is -2.54. The number of aromatic hydroxyl groups is 1. The number of rotatable bonds is 10. The van der Waals surface area contributed by atoms with Gasteiger partial charge >= 0.3 is 0 Å². The minimum Gasteiger partial charge on any atom is -0.505 e. The van der Waals surface area contributed by atoms with E-state index in [4.69, 9.17) is 0 Å². The number of carbonyl (C=O) groups is 3. The highest BCUT2D eigenvalue weighted by Crippen LogP contribution is 2.33. The fourth-order valence-electron chi connectivity index (χ4n) is 3.82. The van der Waals surface area contributed by atoms with Gasteiger partial charge in [-0.1, -0.05) is 50.2 Å². The number of aliphatic hydroxyl groups excluding tert-OH is 2. The van der Waals surface area contributed by atoms with Crippen LogP contribution in [0.1, 0.15) is 35.8 Å². The van der Waals surface area contributed by atoms with Crippen molar-refractivity contribution in [3.8, 4) is 5.75 Å². The van der Waals surface area contributed by atoms with Gasteiger partial charge in [0.15, 0.2) is 11.9 Å². The van der Waals surface area contributed by atoms with Crippen molar-refractivity contribution in [2.45, 2.75) is 32.0 Å². The van der Waals surface area contributed by atoms with Crippen molar-refractivity contribution in [1.29, 1.82) is 0 Å². The fourth-order valence-corrected chi connectivity index (χ4v) is 3.82. The van der Waals surface area contributed by atoms with Crippen molar-refractivity contribution in [2.75, 3.05) is 26.0 Å². The number of phenolic OH excluding ortho intramolecular Hbond substituents is 1. The van der Waals surface area contributed by atoms with Crippen LogP contribution in [0, 0.1) is 5.92 Å². The molecule has 10 heteroatoms. The Kier molecular flexibility index (Phi) is 8.33. The third-order valence-corrected chi connectivity index (χ3v) is 5.93. The highest BCUT2D eigenvalue weighted by atomic mass is 16.3. The summed E-state index contributed by atoms with van der Waals surface area (Å²) in [6.07, 6.45) is -1.47. The van der Waals surface area contributed by atoms with Gasteiger partial charge in [0.05, 0.1) is 29.6 Å². The molecular formula is C26H32N4O6. The van der Waals surface area contributed by atoms with Crippen LogP contribution in [0.4, 0.5) is 5.69 Å². The predicted molar refractivity (Wildman–Crippen MR) is 134 cm³/mol. The molecule has 10 nitrogen and oxygen atoms in total. The van der Waals surface area contributed by atoms with Crippen LogP contribution in [0.2, 0.25) is 0 Å². The Morgan fingerprint density at radius 1 is 1.06 bits per heavy atom. The van der Waals surface area contributed by atoms with Gasteiger partial charge in [-0.05, 0) is 23.6 Å². The average molecular weight is 497 g/mol. The van der Waals surface area contributed by atoms with Crippen molar-refractivity contribution < 1.29 is 29.7 Å². The van der Waals surface area contributed by atoms with Crippen molar-refractivity contribution >= 4 is 23.3 Å². The molecule has 0 fully saturated rings. The minimum absolute atomic E-state index is 0.0209. The number of phenols is 1. The molecule has 6 N–H and O–H groups in total. The summed E-state index contributed by atoms with van der Waals surface area (Å²) < 4.78 is 0. The van der Waals surface area contributed by atoms with Crippen molar-refractivity contribution in [3.05, 3.63) is 71.1 Å². The molecule has 0 heterocycles. The molecule has 36 heavy (non-hydrogen) atoms. The quantitative estimate of drug-likeness (QED) is 0.268. The first-order chi connectivity index (χ1) is 17.1. The highest BCUT2D eigenvalue weighted by Gasteiger charge is 2.41. The van der Waals surface area contributed by atoms with E-state index in [1.807, 2.05) is 6.07 Å². The molecule has 1 aliphatic carbocycles. The van der Waals surface area contributed by atoms with E-state index >= 15 is 0 Å². The Balaban J connectivity index is 1.84. The summed E-state index contributed by atoms with van der Waals surface area (Å²) in [6, 6.07) is 12.0. The number of Topliss-reactive ketones (excluding diaryl/α,β-unsaturated/α-hetero) is 1. The molecule has 0 unspecified atom stereocenters. The Morgan fingerprint density at radius 2 is 1.72 bits per heavy atom. The van der Waals surface area contributed by atoms with Gasteiger partial charge in [0, 0.05) is 14.1 Å².